The minimum atomic E-state index is -0.120. The number of methoxy groups -OCH3 is 1. The fourth-order valence-electron chi connectivity index (χ4n) is 2.74. The van der Waals surface area contributed by atoms with E-state index in [4.69, 9.17) is 21.7 Å². The molecule has 0 aliphatic carbocycles. The number of carbonyl (C=O) groups is 1. The molecule has 0 spiro atoms. The Morgan fingerprint density at radius 1 is 1.26 bits per heavy atom. The lowest BCUT2D eigenvalue weighted by Gasteiger charge is -2.12. The van der Waals surface area contributed by atoms with Gasteiger partial charge in [0.25, 0.3) is 5.91 Å². The van der Waals surface area contributed by atoms with Gasteiger partial charge in [-0.2, -0.15) is 0 Å². The molecule has 1 amide bonds. The third-order valence-corrected chi connectivity index (χ3v) is 4.90. The number of carbonyl (C=O) groups excluding carboxylic acids is 1. The summed E-state index contributed by atoms with van der Waals surface area (Å²) in [7, 11) is 1.62. The molecule has 0 bridgehead atoms. The van der Waals surface area contributed by atoms with E-state index in [1.807, 2.05) is 49.4 Å². The molecule has 0 aromatic heterocycles. The Balaban J connectivity index is 1.82. The highest BCUT2D eigenvalue weighted by molar-refractivity contribution is 9.10. The summed E-state index contributed by atoms with van der Waals surface area (Å²) in [5.41, 5.74) is 2.21. The monoisotopic (exact) mass is 446 g/mol. The second-order valence-corrected chi connectivity index (χ2v) is 7.16. The van der Waals surface area contributed by atoms with Gasteiger partial charge in [-0.15, -0.1) is 0 Å². The molecule has 1 fully saturated rings. The van der Waals surface area contributed by atoms with Crippen molar-refractivity contribution in [3.05, 3.63) is 63.8 Å². The van der Waals surface area contributed by atoms with E-state index in [9.17, 15) is 4.79 Å². The number of rotatable bonds is 6. The topological polar surface area (TPSA) is 50.8 Å². The lowest BCUT2D eigenvalue weighted by atomic mass is 10.1. The summed E-state index contributed by atoms with van der Waals surface area (Å²) < 4.78 is 12.3. The second kappa shape index (κ2) is 8.54. The Kier molecular flexibility index (Phi) is 6.13. The van der Waals surface area contributed by atoms with Crippen LogP contribution in [-0.4, -0.2) is 29.6 Å². The van der Waals surface area contributed by atoms with Crippen LogP contribution in [0.3, 0.4) is 0 Å². The van der Waals surface area contributed by atoms with Crippen molar-refractivity contribution in [3.8, 4) is 11.5 Å². The standard InChI is InChI=1S/C20H19BrN2O3S/c1-3-23-19(24)17(22-20(23)27)10-13-7-8-18(25-2)14(9-13)12-26-16-6-4-5-15(21)11-16/h4-11H,3,12H2,1-2H3,(H,22,27)/b17-10+. The first-order valence-electron chi connectivity index (χ1n) is 8.41. The molecule has 0 radical (unpaired) electrons. The highest BCUT2D eigenvalue weighted by Crippen LogP contribution is 2.25. The quantitative estimate of drug-likeness (QED) is 0.534. The summed E-state index contributed by atoms with van der Waals surface area (Å²) in [4.78, 5) is 13.9. The van der Waals surface area contributed by atoms with Gasteiger partial charge in [-0.1, -0.05) is 28.1 Å². The second-order valence-electron chi connectivity index (χ2n) is 5.85. The van der Waals surface area contributed by atoms with E-state index in [1.54, 1.807) is 13.2 Å². The van der Waals surface area contributed by atoms with Gasteiger partial charge in [0.05, 0.1) is 7.11 Å². The van der Waals surface area contributed by atoms with Crippen molar-refractivity contribution in [1.82, 2.24) is 10.2 Å². The lowest BCUT2D eigenvalue weighted by Crippen LogP contribution is -2.30. The van der Waals surface area contributed by atoms with E-state index in [1.165, 1.54) is 4.90 Å². The summed E-state index contributed by atoms with van der Waals surface area (Å²) in [5, 5.41) is 3.40. The van der Waals surface area contributed by atoms with Gasteiger partial charge in [0.2, 0.25) is 0 Å². The molecule has 1 saturated heterocycles. The highest BCUT2D eigenvalue weighted by Gasteiger charge is 2.29. The Hall–Kier alpha value is -2.38. The molecular formula is C20H19BrN2O3S. The SMILES string of the molecule is CCN1C(=O)/C(=C\c2ccc(OC)c(COc3cccc(Br)c3)c2)NC1=S. The largest absolute Gasteiger partial charge is 0.496 e. The van der Waals surface area contributed by atoms with E-state index in [-0.39, 0.29) is 5.91 Å². The van der Waals surface area contributed by atoms with Gasteiger partial charge in [-0.3, -0.25) is 9.69 Å². The molecular weight excluding hydrogens is 428 g/mol. The third kappa shape index (κ3) is 4.48. The number of halogens is 1. The van der Waals surface area contributed by atoms with Crippen LogP contribution in [0, 0.1) is 0 Å². The number of likely N-dealkylation sites (N-methyl/N-ethyl adjacent to an activating group) is 1. The number of ether oxygens (including phenoxy) is 2. The number of nitrogens with zero attached hydrogens (tertiary/aromatic N) is 1. The number of hydrogen-bond acceptors (Lipinski definition) is 4. The number of nitrogens with one attached hydrogen (secondary N) is 1. The van der Waals surface area contributed by atoms with Gasteiger partial charge < -0.3 is 14.8 Å². The first-order chi connectivity index (χ1) is 13.0. The van der Waals surface area contributed by atoms with Crippen molar-refractivity contribution < 1.29 is 14.3 Å². The molecule has 1 aliphatic rings. The zero-order chi connectivity index (χ0) is 19.4. The smallest absolute Gasteiger partial charge is 0.276 e. The molecule has 1 N–H and O–H groups in total. The zero-order valence-corrected chi connectivity index (χ0v) is 17.4. The van der Waals surface area contributed by atoms with Crippen LogP contribution in [0.15, 0.2) is 52.6 Å². The Morgan fingerprint density at radius 3 is 2.74 bits per heavy atom. The molecule has 0 atom stereocenters. The van der Waals surface area contributed by atoms with Crippen LogP contribution >= 0.6 is 28.1 Å². The first-order valence-corrected chi connectivity index (χ1v) is 9.61. The van der Waals surface area contributed by atoms with E-state index in [2.05, 4.69) is 21.2 Å². The van der Waals surface area contributed by atoms with E-state index >= 15 is 0 Å². The number of amides is 1. The maximum atomic E-state index is 12.4. The molecule has 2 aromatic carbocycles. The van der Waals surface area contributed by atoms with E-state index < -0.39 is 0 Å². The first kappa shape index (κ1) is 19.4. The predicted octanol–water partition coefficient (Wildman–Crippen LogP) is 4.11. The summed E-state index contributed by atoms with van der Waals surface area (Å²) in [5.74, 6) is 1.36. The number of hydrogen-bond donors (Lipinski definition) is 1. The fourth-order valence-corrected chi connectivity index (χ4v) is 3.44. The number of thiocarbonyl (C=S) groups is 1. The summed E-state index contributed by atoms with van der Waals surface area (Å²) >= 11 is 8.62. The van der Waals surface area contributed by atoms with E-state index in [0.29, 0.717) is 24.0 Å². The molecule has 5 nitrogen and oxygen atoms in total. The molecule has 0 saturated carbocycles. The molecule has 1 heterocycles. The lowest BCUT2D eigenvalue weighted by molar-refractivity contribution is -0.122. The minimum absolute atomic E-state index is 0.120. The normalized spacial score (nSPS) is 15.2. The van der Waals surface area contributed by atoms with Gasteiger partial charge in [0, 0.05) is 16.6 Å². The van der Waals surface area contributed by atoms with Crippen LogP contribution in [0.2, 0.25) is 0 Å². The molecule has 140 valence electrons. The molecule has 0 unspecified atom stereocenters. The van der Waals surface area contributed by atoms with Crippen molar-refractivity contribution in [2.24, 2.45) is 0 Å². The Labute approximate surface area is 172 Å². The van der Waals surface area contributed by atoms with Crippen LogP contribution in [0.4, 0.5) is 0 Å². The summed E-state index contributed by atoms with van der Waals surface area (Å²) in [6.45, 7) is 2.77. The number of benzene rings is 2. The highest BCUT2D eigenvalue weighted by atomic mass is 79.9. The van der Waals surface area contributed by atoms with Crippen molar-refractivity contribution >= 4 is 45.2 Å². The van der Waals surface area contributed by atoms with Crippen molar-refractivity contribution in [2.45, 2.75) is 13.5 Å². The minimum Gasteiger partial charge on any atom is -0.496 e. The zero-order valence-electron chi connectivity index (χ0n) is 15.0. The van der Waals surface area contributed by atoms with Crippen LogP contribution < -0.4 is 14.8 Å². The maximum Gasteiger partial charge on any atom is 0.276 e. The van der Waals surface area contributed by atoms with Crippen molar-refractivity contribution in [1.29, 1.82) is 0 Å². The van der Waals surface area contributed by atoms with Crippen LogP contribution in [-0.2, 0) is 11.4 Å². The van der Waals surface area contributed by atoms with Gasteiger partial charge in [-0.05, 0) is 61.1 Å². The van der Waals surface area contributed by atoms with Gasteiger partial charge in [0.1, 0.15) is 23.8 Å². The van der Waals surface area contributed by atoms with Gasteiger partial charge in [0.15, 0.2) is 5.11 Å². The molecule has 1 aliphatic heterocycles. The van der Waals surface area contributed by atoms with Crippen molar-refractivity contribution in [2.75, 3.05) is 13.7 Å². The van der Waals surface area contributed by atoms with Crippen LogP contribution in [0.1, 0.15) is 18.1 Å². The maximum absolute atomic E-state index is 12.4. The average molecular weight is 447 g/mol. The Morgan fingerprint density at radius 2 is 2.07 bits per heavy atom. The molecule has 27 heavy (non-hydrogen) atoms. The molecule has 3 rings (SSSR count). The van der Waals surface area contributed by atoms with E-state index in [0.717, 1.165) is 27.1 Å². The summed E-state index contributed by atoms with van der Waals surface area (Å²) in [6.07, 6.45) is 1.78. The van der Waals surface area contributed by atoms with Crippen LogP contribution in [0.25, 0.3) is 6.08 Å². The average Bonchev–Trinajstić information content (AvgIpc) is 2.93. The Bertz CT molecular complexity index is 914. The molecule has 2 aromatic rings. The molecule has 7 heteroatoms. The van der Waals surface area contributed by atoms with Crippen molar-refractivity contribution in [3.63, 3.8) is 0 Å². The van der Waals surface area contributed by atoms with Gasteiger partial charge >= 0.3 is 0 Å². The summed E-state index contributed by atoms with van der Waals surface area (Å²) in [6, 6.07) is 13.3. The predicted molar refractivity (Wildman–Crippen MR) is 113 cm³/mol. The third-order valence-electron chi connectivity index (χ3n) is 4.08. The van der Waals surface area contributed by atoms with Gasteiger partial charge in [-0.25, -0.2) is 0 Å². The van der Waals surface area contributed by atoms with Crippen LogP contribution in [0.5, 0.6) is 11.5 Å². The fraction of sp³-hybridized carbons (Fsp3) is 0.200.